The number of fused-ring (bicyclic) bond motifs is 1. The van der Waals surface area contributed by atoms with Crippen molar-refractivity contribution in [2.75, 3.05) is 0 Å². The van der Waals surface area contributed by atoms with E-state index in [1.807, 2.05) is 6.07 Å². The van der Waals surface area contributed by atoms with Gasteiger partial charge in [-0.3, -0.25) is 5.10 Å². The standard InChI is InChI=1S/C16H19FN4O/c1-10-5-6-12-13(3-2-4-14(12)17)15(10)20-16(22)18-9-11-7-8-19-21-11/h2-4,7-8,10,15H,5-6,9H2,1H3,(H,19,21)(H2,18,20,22). The van der Waals surface area contributed by atoms with Crippen LogP contribution in [0.15, 0.2) is 30.5 Å². The Morgan fingerprint density at radius 3 is 3.09 bits per heavy atom. The van der Waals surface area contributed by atoms with Crippen LogP contribution < -0.4 is 10.6 Å². The van der Waals surface area contributed by atoms with Gasteiger partial charge in [-0.2, -0.15) is 5.10 Å². The number of rotatable bonds is 3. The summed E-state index contributed by atoms with van der Waals surface area (Å²) in [6, 6.07) is 6.44. The molecule has 5 nitrogen and oxygen atoms in total. The Morgan fingerprint density at radius 2 is 2.32 bits per heavy atom. The van der Waals surface area contributed by atoms with Crippen molar-refractivity contribution in [3.05, 3.63) is 53.1 Å². The molecule has 1 aliphatic carbocycles. The van der Waals surface area contributed by atoms with Crippen LogP contribution in [0.4, 0.5) is 9.18 Å². The number of H-pyrrole nitrogens is 1. The summed E-state index contributed by atoms with van der Waals surface area (Å²) in [6.45, 7) is 2.45. The van der Waals surface area contributed by atoms with Crippen molar-refractivity contribution >= 4 is 6.03 Å². The lowest BCUT2D eigenvalue weighted by molar-refractivity contribution is 0.229. The van der Waals surface area contributed by atoms with Crippen LogP contribution in [-0.2, 0) is 13.0 Å². The summed E-state index contributed by atoms with van der Waals surface area (Å²) in [5.74, 6) is 0.0845. The van der Waals surface area contributed by atoms with Gasteiger partial charge in [-0.1, -0.05) is 19.1 Å². The first kappa shape index (κ1) is 14.6. The average Bonchev–Trinajstić information content (AvgIpc) is 3.02. The second kappa shape index (κ2) is 6.17. The zero-order valence-electron chi connectivity index (χ0n) is 12.4. The number of hydrogen-bond donors (Lipinski definition) is 3. The van der Waals surface area contributed by atoms with Crippen molar-refractivity contribution in [1.82, 2.24) is 20.8 Å². The molecule has 0 radical (unpaired) electrons. The number of nitrogens with zero attached hydrogens (tertiary/aromatic N) is 1. The maximum Gasteiger partial charge on any atom is 0.315 e. The molecule has 2 aromatic rings. The molecule has 0 bridgehead atoms. The second-order valence-electron chi connectivity index (χ2n) is 5.71. The van der Waals surface area contributed by atoms with E-state index in [0.717, 1.165) is 29.7 Å². The molecule has 1 heterocycles. The minimum Gasteiger partial charge on any atom is -0.333 e. The highest BCUT2D eigenvalue weighted by Crippen LogP contribution is 2.35. The first-order valence-electron chi connectivity index (χ1n) is 7.45. The maximum atomic E-state index is 13.9. The van der Waals surface area contributed by atoms with Crippen LogP contribution in [0.5, 0.6) is 0 Å². The van der Waals surface area contributed by atoms with Gasteiger partial charge in [-0.15, -0.1) is 0 Å². The van der Waals surface area contributed by atoms with Gasteiger partial charge in [-0.05, 0) is 42.0 Å². The van der Waals surface area contributed by atoms with Crippen LogP contribution in [-0.4, -0.2) is 16.2 Å². The van der Waals surface area contributed by atoms with Crippen molar-refractivity contribution in [3.63, 3.8) is 0 Å². The van der Waals surface area contributed by atoms with Gasteiger partial charge >= 0.3 is 6.03 Å². The molecule has 6 heteroatoms. The number of nitrogens with one attached hydrogen (secondary N) is 3. The molecule has 3 rings (SSSR count). The van der Waals surface area contributed by atoms with E-state index in [1.165, 1.54) is 6.07 Å². The van der Waals surface area contributed by atoms with E-state index >= 15 is 0 Å². The number of halogens is 1. The summed E-state index contributed by atoms with van der Waals surface area (Å²) in [7, 11) is 0. The van der Waals surface area contributed by atoms with E-state index in [1.54, 1.807) is 18.3 Å². The van der Waals surface area contributed by atoms with E-state index in [-0.39, 0.29) is 23.8 Å². The van der Waals surface area contributed by atoms with Crippen molar-refractivity contribution in [2.45, 2.75) is 32.4 Å². The fourth-order valence-electron chi connectivity index (χ4n) is 2.95. The Labute approximate surface area is 128 Å². The van der Waals surface area contributed by atoms with Gasteiger partial charge in [0.05, 0.1) is 18.3 Å². The summed E-state index contributed by atoms with van der Waals surface area (Å²) in [5, 5.41) is 12.4. The Balaban J connectivity index is 1.69. The molecular formula is C16H19FN4O. The van der Waals surface area contributed by atoms with Crippen molar-refractivity contribution in [3.8, 4) is 0 Å². The lowest BCUT2D eigenvalue weighted by Gasteiger charge is -2.32. The Kier molecular flexibility index (Phi) is 4.09. The molecule has 3 N–H and O–H groups in total. The normalized spacial score (nSPS) is 20.3. The summed E-state index contributed by atoms with van der Waals surface area (Å²) in [5.41, 5.74) is 2.44. The highest BCUT2D eigenvalue weighted by Gasteiger charge is 2.29. The molecule has 0 fully saturated rings. The molecule has 0 saturated carbocycles. The Bertz CT molecular complexity index is 656. The summed E-state index contributed by atoms with van der Waals surface area (Å²) >= 11 is 0. The zero-order valence-corrected chi connectivity index (χ0v) is 12.4. The largest absolute Gasteiger partial charge is 0.333 e. The lowest BCUT2D eigenvalue weighted by Crippen LogP contribution is -2.41. The molecule has 1 aliphatic rings. The number of carbonyl (C=O) groups excluding carboxylic acids is 1. The number of aromatic nitrogens is 2. The van der Waals surface area contributed by atoms with Gasteiger partial charge in [0.1, 0.15) is 5.82 Å². The minimum absolute atomic E-state index is 0.166. The van der Waals surface area contributed by atoms with Gasteiger partial charge < -0.3 is 10.6 Å². The van der Waals surface area contributed by atoms with Crippen LogP contribution in [0.2, 0.25) is 0 Å². The average molecular weight is 302 g/mol. The third kappa shape index (κ3) is 2.95. The van der Waals surface area contributed by atoms with Gasteiger partial charge in [0, 0.05) is 6.20 Å². The van der Waals surface area contributed by atoms with E-state index in [0.29, 0.717) is 6.54 Å². The number of aromatic amines is 1. The topological polar surface area (TPSA) is 69.8 Å². The lowest BCUT2D eigenvalue weighted by atomic mass is 9.80. The third-order valence-electron chi connectivity index (χ3n) is 4.19. The SMILES string of the molecule is CC1CCc2c(F)cccc2C1NC(=O)NCc1ccn[nH]1. The molecule has 22 heavy (non-hydrogen) atoms. The van der Waals surface area contributed by atoms with Crippen LogP contribution in [0.3, 0.4) is 0 Å². The minimum atomic E-state index is -0.261. The van der Waals surface area contributed by atoms with Crippen molar-refractivity contribution < 1.29 is 9.18 Å². The maximum absolute atomic E-state index is 13.9. The highest BCUT2D eigenvalue weighted by atomic mass is 19.1. The summed E-state index contributed by atoms with van der Waals surface area (Å²) < 4.78 is 13.9. The van der Waals surface area contributed by atoms with Crippen LogP contribution in [0.1, 0.15) is 36.2 Å². The van der Waals surface area contributed by atoms with Gasteiger partial charge in [0.25, 0.3) is 0 Å². The number of carbonyl (C=O) groups is 1. The number of urea groups is 1. The number of benzene rings is 1. The predicted octanol–water partition coefficient (Wildman–Crippen LogP) is 2.67. The Hall–Kier alpha value is -2.37. The van der Waals surface area contributed by atoms with Gasteiger partial charge in [0.15, 0.2) is 0 Å². The molecular weight excluding hydrogens is 283 g/mol. The quantitative estimate of drug-likeness (QED) is 0.816. The molecule has 0 saturated heterocycles. The summed E-state index contributed by atoms with van der Waals surface area (Å²) in [6.07, 6.45) is 3.22. The molecule has 0 aliphatic heterocycles. The van der Waals surface area contributed by atoms with E-state index < -0.39 is 0 Å². The van der Waals surface area contributed by atoms with E-state index in [4.69, 9.17) is 0 Å². The molecule has 2 amide bonds. The fraction of sp³-hybridized carbons (Fsp3) is 0.375. The summed E-state index contributed by atoms with van der Waals surface area (Å²) in [4.78, 5) is 12.1. The van der Waals surface area contributed by atoms with E-state index in [2.05, 4.69) is 27.8 Å². The highest BCUT2D eigenvalue weighted by molar-refractivity contribution is 5.74. The molecule has 2 atom stereocenters. The fourth-order valence-corrected chi connectivity index (χ4v) is 2.95. The molecule has 116 valence electrons. The first-order chi connectivity index (χ1) is 10.6. The van der Waals surface area contributed by atoms with Crippen molar-refractivity contribution in [1.29, 1.82) is 0 Å². The second-order valence-corrected chi connectivity index (χ2v) is 5.71. The van der Waals surface area contributed by atoms with Crippen LogP contribution in [0, 0.1) is 11.7 Å². The predicted molar refractivity (Wildman–Crippen MR) is 80.6 cm³/mol. The smallest absolute Gasteiger partial charge is 0.315 e. The zero-order chi connectivity index (χ0) is 15.5. The first-order valence-corrected chi connectivity index (χ1v) is 7.45. The molecule has 0 spiro atoms. The molecule has 2 unspecified atom stereocenters. The number of hydrogen-bond acceptors (Lipinski definition) is 2. The Morgan fingerprint density at radius 1 is 1.45 bits per heavy atom. The van der Waals surface area contributed by atoms with Gasteiger partial charge in [0.2, 0.25) is 0 Å². The molecule has 1 aromatic heterocycles. The monoisotopic (exact) mass is 302 g/mol. The third-order valence-corrected chi connectivity index (χ3v) is 4.19. The van der Waals surface area contributed by atoms with Crippen LogP contribution >= 0.6 is 0 Å². The number of amides is 2. The van der Waals surface area contributed by atoms with E-state index in [9.17, 15) is 9.18 Å². The van der Waals surface area contributed by atoms with Crippen LogP contribution in [0.25, 0.3) is 0 Å². The van der Waals surface area contributed by atoms with Crippen molar-refractivity contribution in [2.24, 2.45) is 5.92 Å². The van der Waals surface area contributed by atoms with Gasteiger partial charge in [-0.25, -0.2) is 9.18 Å². The molecule has 1 aromatic carbocycles.